The lowest BCUT2D eigenvalue weighted by Crippen LogP contribution is -2.54. The lowest BCUT2D eigenvalue weighted by atomic mass is 10.1. The number of carbonyl (C=O) groups excluding carboxylic acids is 2. The van der Waals surface area contributed by atoms with E-state index in [0.717, 1.165) is 41.2 Å². The van der Waals surface area contributed by atoms with Crippen molar-refractivity contribution in [1.82, 2.24) is 19.4 Å². The summed E-state index contributed by atoms with van der Waals surface area (Å²) in [7, 11) is 3.65. The van der Waals surface area contributed by atoms with Crippen molar-refractivity contribution in [3.05, 3.63) is 48.5 Å². The molecular weight excluding hydrogens is 442 g/mol. The topological polar surface area (TPSA) is 70.9 Å². The molecule has 0 bridgehead atoms. The van der Waals surface area contributed by atoms with Crippen LogP contribution in [0.4, 0.5) is 10.5 Å². The predicted molar refractivity (Wildman–Crippen MR) is 138 cm³/mol. The summed E-state index contributed by atoms with van der Waals surface area (Å²) in [5.41, 5.74) is 3.65. The largest absolute Gasteiger partial charge is 0.444 e. The molecular formula is C27H35N5O3. The molecule has 3 aromatic rings. The lowest BCUT2D eigenvalue weighted by molar-refractivity contribution is -0.136. The summed E-state index contributed by atoms with van der Waals surface area (Å²) in [4.78, 5) is 35.8. The summed E-state index contributed by atoms with van der Waals surface area (Å²) in [6.45, 7) is 9.84. The second-order valence-electron chi connectivity index (χ2n) is 10.1. The van der Waals surface area contributed by atoms with Crippen molar-refractivity contribution in [1.29, 1.82) is 0 Å². The Kier molecular flexibility index (Phi) is 6.74. The monoisotopic (exact) mass is 477 g/mol. The quantitative estimate of drug-likeness (QED) is 0.565. The number of benzene rings is 2. The van der Waals surface area contributed by atoms with Crippen molar-refractivity contribution < 1.29 is 14.3 Å². The van der Waals surface area contributed by atoms with E-state index in [9.17, 15) is 9.59 Å². The SMILES string of the molecule is C[C@@H](C(=O)N1CCN(c2cccc(-c3nc4ccccc4n3C)c2)CC1)N(C)C(=O)OC(C)(C)C. The van der Waals surface area contributed by atoms with Gasteiger partial charge in [-0.05, 0) is 52.0 Å². The molecule has 0 aliphatic carbocycles. The van der Waals surface area contributed by atoms with Gasteiger partial charge in [0.05, 0.1) is 11.0 Å². The first-order valence-electron chi connectivity index (χ1n) is 12.1. The van der Waals surface area contributed by atoms with Crippen LogP contribution < -0.4 is 4.90 Å². The van der Waals surface area contributed by atoms with Crippen LogP contribution in [0.15, 0.2) is 48.5 Å². The van der Waals surface area contributed by atoms with Gasteiger partial charge >= 0.3 is 6.09 Å². The fraction of sp³-hybridized carbons (Fsp3) is 0.444. The second kappa shape index (κ2) is 9.60. The Morgan fingerprint density at radius 3 is 2.37 bits per heavy atom. The second-order valence-corrected chi connectivity index (χ2v) is 10.1. The molecule has 0 radical (unpaired) electrons. The van der Waals surface area contributed by atoms with Gasteiger partial charge in [0.25, 0.3) is 0 Å². The van der Waals surface area contributed by atoms with Crippen LogP contribution in [0.5, 0.6) is 0 Å². The third-order valence-corrected chi connectivity index (χ3v) is 6.47. The number of aromatic nitrogens is 2. The molecule has 1 fully saturated rings. The Bertz CT molecular complexity index is 1220. The normalized spacial score (nSPS) is 15.3. The Balaban J connectivity index is 1.41. The van der Waals surface area contributed by atoms with Gasteiger partial charge in [-0.2, -0.15) is 0 Å². The first-order valence-corrected chi connectivity index (χ1v) is 12.1. The number of imidazole rings is 1. The van der Waals surface area contributed by atoms with Gasteiger partial charge in [0.2, 0.25) is 5.91 Å². The summed E-state index contributed by atoms with van der Waals surface area (Å²) in [6.07, 6.45) is -0.490. The van der Waals surface area contributed by atoms with Gasteiger partial charge in [0.15, 0.2) is 0 Å². The molecule has 4 rings (SSSR count). The van der Waals surface area contributed by atoms with Crippen LogP contribution >= 0.6 is 0 Å². The number of amides is 2. The zero-order valence-corrected chi connectivity index (χ0v) is 21.5. The van der Waals surface area contributed by atoms with E-state index < -0.39 is 17.7 Å². The molecule has 186 valence electrons. The summed E-state index contributed by atoms with van der Waals surface area (Å²) in [5.74, 6) is 0.868. The van der Waals surface area contributed by atoms with Gasteiger partial charge in [0.1, 0.15) is 17.5 Å². The van der Waals surface area contributed by atoms with Crippen LogP contribution in [0, 0.1) is 0 Å². The van der Waals surface area contributed by atoms with Crippen LogP contribution in [0.1, 0.15) is 27.7 Å². The number of para-hydroxylation sites is 2. The molecule has 0 unspecified atom stereocenters. The number of anilines is 1. The van der Waals surface area contributed by atoms with Crippen LogP contribution in [0.25, 0.3) is 22.4 Å². The lowest BCUT2D eigenvalue weighted by Gasteiger charge is -2.38. The number of rotatable bonds is 4. The summed E-state index contributed by atoms with van der Waals surface area (Å²) in [6, 6.07) is 15.9. The number of nitrogens with zero attached hydrogens (tertiary/aromatic N) is 5. The average molecular weight is 478 g/mol. The number of hydrogen-bond acceptors (Lipinski definition) is 5. The summed E-state index contributed by atoms with van der Waals surface area (Å²) >= 11 is 0. The van der Waals surface area contributed by atoms with E-state index >= 15 is 0 Å². The molecule has 8 heteroatoms. The van der Waals surface area contributed by atoms with Crippen molar-refractivity contribution in [2.24, 2.45) is 7.05 Å². The highest BCUT2D eigenvalue weighted by Crippen LogP contribution is 2.27. The third kappa shape index (κ3) is 5.26. The molecule has 0 N–H and O–H groups in total. The fourth-order valence-electron chi connectivity index (χ4n) is 4.35. The van der Waals surface area contributed by atoms with Gasteiger partial charge in [0, 0.05) is 51.5 Å². The van der Waals surface area contributed by atoms with E-state index in [-0.39, 0.29) is 5.91 Å². The van der Waals surface area contributed by atoms with E-state index in [1.807, 2.05) is 50.9 Å². The van der Waals surface area contributed by atoms with Crippen LogP contribution in [-0.4, -0.2) is 76.2 Å². The third-order valence-electron chi connectivity index (χ3n) is 6.47. The molecule has 2 aromatic carbocycles. The fourth-order valence-corrected chi connectivity index (χ4v) is 4.35. The first kappa shape index (κ1) is 24.6. The molecule has 0 spiro atoms. The van der Waals surface area contributed by atoms with Crippen molar-refractivity contribution in [3.8, 4) is 11.4 Å². The van der Waals surface area contributed by atoms with Crippen LogP contribution in [0.3, 0.4) is 0 Å². The smallest absolute Gasteiger partial charge is 0.410 e. The van der Waals surface area contributed by atoms with E-state index in [1.54, 1.807) is 14.0 Å². The Hall–Kier alpha value is -3.55. The minimum atomic E-state index is -0.601. The van der Waals surface area contributed by atoms with E-state index in [2.05, 4.69) is 39.8 Å². The van der Waals surface area contributed by atoms with Crippen LogP contribution in [0.2, 0.25) is 0 Å². The van der Waals surface area contributed by atoms with Gasteiger partial charge in [-0.1, -0.05) is 24.3 Å². The number of fused-ring (bicyclic) bond motifs is 1. The molecule has 35 heavy (non-hydrogen) atoms. The maximum Gasteiger partial charge on any atom is 0.410 e. The Morgan fingerprint density at radius 1 is 1.03 bits per heavy atom. The average Bonchev–Trinajstić information content (AvgIpc) is 3.18. The zero-order chi connectivity index (χ0) is 25.3. The highest BCUT2D eigenvalue weighted by atomic mass is 16.6. The molecule has 2 amide bonds. The summed E-state index contributed by atoms with van der Waals surface area (Å²) in [5, 5.41) is 0. The minimum Gasteiger partial charge on any atom is -0.444 e. The number of carbonyl (C=O) groups is 2. The van der Waals surface area contributed by atoms with Crippen LogP contribution in [-0.2, 0) is 16.6 Å². The molecule has 1 aliphatic rings. The first-order chi connectivity index (χ1) is 16.5. The molecule has 1 saturated heterocycles. The number of aryl methyl sites for hydroxylation is 1. The van der Waals surface area contributed by atoms with Gasteiger partial charge < -0.3 is 19.1 Å². The number of hydrogen-bond donors (Lipinski definition) is 0. The molecule has 1 aliphatic heterocycles. The van der Waals surface area contributed by atoms with Crippen molar-refractivity contribution in [2.45, 2.75) is 39.3 Å². The maximum absolute atomic E-state index is 13.1. The van der Waals surface area contributed by atoms with Crippen molar-refractivity contribution in [3.63, 3.8) is 0 Å². The molecule has 0 saturated carbocycles. The summed E-state index contributed by atoms with van der Waals surface area (Å²) < 4.78 is 7.53. The van der Waals surface area contributed by atoms with Gasteiger partial charge in [-0.15, -0.1) is 0 Å². The van der Waals surface area contributed by atoms with E-state index in [1.165, 1.54) is 4.90 Å². The van der Waals surface area contributed by atoms with E-state index in [0.29, 0.717) is 13.1 Å². The predicted octanol–water partition coefficient (Wildman–Crippen LogP) is 4.14. The van der Waals surface area contributed by atoms with Gasteiger partial charge in [-0.25, -0.2) is 9.78 Å². The van der Waals surface area contributed by atoms with E-state index in [4.69, 9.17) is 9.72 Å². The highest BCUT2D eigenvalue weighted by Gasteiger charge is 2.31. The molecule has 1 aromatic heterocycles. The number of likely N-dealkylation sites (N-methyl/N-ethyl adjacent to an activating group) is 1. The maximum atomic E-state index is 13.1. The molecule has 2 heterocycles. The number of piperazine rings is 1. The van der Waals surface area contributed by atoms with Crippen molar-refractivity contribution in [2.75, 3.05) is 38.1 Å². The molecule has 8 nitrogen and oxygen atoms in total. The Labute approximate surface area is 207 Å². The zero-order valence-electron chi connectivity index (χ0n) is 21.5. The highest BCUT2D eigenvalue weighted by molar-refractivity contribution is 5.85. The Morgan fingerprint density at radius 2 is 1.71 bits per heavy atom. The minimum absolute atomic E-state index is 0.0635. The van der Waals surface area contributed by atoms with Gasteiger partial charge in [-0.3, -0.25) is 9.69 Å². The van der Waals surface area contributed by atoms with Crippen molar-refractivity contribution >= 4 is 28.7 Å². The number of ether oxygens (including phenoxy) is 1. The molecule has 1 atom stereocenters. The standard InChI is InChI=1S/C27H35N5O3/c1-19(29(5)26(34)35-27(2,3)4)25(33)32-16-14-31(15-17-32)21-11-9-10-20(18-21)24-28-22-12-7-8-13-23(22)30(24)6/h7-13,18-19H,14-17H2,1-6H3/t19-/m0/s1.